The summed E-state index contributed by atoms with van der Waals surface area (Å²) in [7, 11) is 0. The molecule has 0 N–H and O–H groups in total. The summed E-state index contributed by atoms with van der Waals surface area (Å²) in [5.74, 6) is 2.90. The number of ether oxygens (including phenoxy) is 6. The molecule has 0 saturated carbocycles. The Morgan fingerprint density at radius 2 is 0.615 bits per heavy atom. The molecule has 8 rings (SSSR count). The molecule has 6 aliphatic heterocycles. The van der Waals surface area contributed by atoms with Crippen molar-refractivity contribution in [3.63, 3.8) is 0 Å². The van der Waals surface area contributed by atoms with E-state index < -0.39 is 0 Å². The summed E-state index contributed by atoms with van der Waals surface area (Å²) in [6.07, 6.45) is 0. The SMILES string of the molecule is c1cc(N=C(N2CCOCC2)N2CCOCC2)c2c(N=C(N3CCOCC3)N3CCOCC3)ccc(N=C(N3CCOCC3)N3CCOCC3)c2c1. The molecule has 52 heavy (non-hydrogen) atoms. The molecule has 6 saturated heterocycles. The van der Waals surface area contributed by atoms with Gasteiger partial charge in [0.05, 0.1) is 96.3 Å². The van der Waals surface area contributed by atoms with E-state index in [1.165, 1.54) is 0 Å². The zero-order valence-electron chi connectivity index (χ0n) is 30.3. The zero-order valence-corrected chi connectivity index (χ0v) is 30.3. The third kappa shape index (κ3) is 8.24. The molecular formula is C37H53N9O6. The molecule has 15 nitrogen and oxygen atoms in total. The van der Waals surface area contributed by atoms with Crippen molar-refractivity contribution in [2.75, 3.05) is 158 Å². The fourth-order valence-electron chi connectivity index (χ4n) is 7.57. The second-order valence-corrected chi connectivity index (χ2v) is 13.6. The molecule has 2 aromatic carbocycles. The van der Waals surface area contributed by atoms with Gasteiger partial charge in [-0.25, -0.2) is 15.0 Å². The Labute approximate surface area is 306 Å². The Balaban J connectivity index is 1.30. The molecule has 0 bridgehead atoms. The lowest BCUT2D eigenvalue weighted by atomic mass is 10.0. The first-order chi connectivity index (χ1) is 25.8. The number of benzene rings is 2. The minimum Gasteiger partial charge on any atom is -0.378 e. The van der Waals surface area contributed by atoms with E-state index in [-0.39, 0.29) is 0 Å². The largest absolute Gasteiger partial charge is 0.378 e. The van der Waals surface area contributed by atoms with Crippen LogP contribution in [0.2, 0.25) is 0 Å². The van der Waals surface area contributed by atoms with Gasteiger partial charge in [0.2, 0.25) is 17.9 Å². The van der Waals surface area contributed by atoms with Crippen molar-refractivity contribution in [2.24, 2.45) is 15.0 Å². The third-order valence-corrected chi connectivity index (χ3v) is 10.4. The van der Waals surface area contributed by atoms with Crippen LogP contribution in [0.5, 0.6) is 0 Å². The Morgan fingerprint density at radius 1 is 0.346 bits per heavy atom. The van der Waals surface area contributed by atoms with Gasteiger partial charge in [0.25, 0.3) is 0 Å². The van der Waals surface area contributed by atoms with Crippen LogP contribution < -0.4 is 0 Å². The number of rotatable bonds is 3. The van der Waals surface area contributed by atoms with Crippen molar-refractivity contribution in [1.29, 1.82) is 0 Å². The highest BCUT2D eigenvalue weighted by Gasteiger charge is 2.28. The number of morpholine rings is 6. The highest BCUT2D eigenvalue weighted by atomic mass is 16.5. The average Bonchev–Trinajstić information content (AvgIpc) is 3.23. The molecule has 6 fully saturated rings. The van der Waals surface area contributed by atoms with Gasteiger partial charge in [0.15, 0.2) is 0 Å². The van der Waals surface area contributed by atoms with Crippen LogP contribution in [0.1, 0.15) is 0 Å². The van der Waals surface area contributed by atoms with E-state index in [0.29, 0.717) is 79.3 Å². The second-order valence-electron chi connectivity index (χ2n) is 13.6. The average molecular weight is 720 g/mol. The summed E-state index contributed by atoms with van der Waals surface area (Å²) < 4.78 is 34.6. The number of hydrogen-bond donors (Lipinski definition) is 0. The summed E-state index contributed by atoms with van der Waals surface area (Å²) in [5, 5.41) is 2.01. The van der Waals surface area contributed by atoms with Gasteiger partial charge in [0, 0.05) is 89.3 Å². The van der Waals surface area contributed by atoms with Crippen LogP contribution in [0.4, 0.5) is 17.1 Å². The molecule has 0 radical (unpaired) electrons. The summed E-state index contributed by atoms with van der Waals surface area (Å²) in [6, 6.07) is 10.7. The first kappa shape index (κ1) is 35.3. The van der Waals surface area contributed by atoms with Gasteiger partial charge in [-0.05, 0) is 18.2 Å². The Morgan fingerprint density at radius 3 is 0.942 bits per heavy atom. The highest BCUT2D eigenvalue weighted by Crippen LogP contribution is 2.41. The van der Waals surface area contributed by atoms with Crippen LogP contribution in [0.15, 0.2) is 45.3 Å². The minimum absolute atomic E-state index is 0.682. The number of guanidine groups is 3. The van der Waals surface area contributed by atoms with Crippen LogP contribution >= 0.6 is 0 Å². The second kappa shape index (κ2) is 17.4. The summed E-state index contributed by atoms with van der Waals surface area (Å²) >= 11 is 0. The van der Waals surface area contributed by atoms with Crippen LogP contribution in [0.3, 0.4) is 0 Å². The molecule has 0 atom stereocenters. The smallest absolute Gasteiger partial charge is 0.202 e. The summed E-state index contributed by atoms with van der Waals surface area (Å²) in [4.78, 5) is 30.7. The van der Waals surface area contributed by atoms with Gasteiger partial charge in [-0.1, -0.05) is 12.1 Å². The van der Waals surface area contributed by atoms with Gasteiger partial charge in [0.1, 0.15) is 0 Å². The Hall–Kier alpha value is -3.73. The molecule has 0 unspecified atom stereocenters. The van der Waals surface area contributed by atoms with Gasteiger partial charge in [-0.15, -0.1) is 0 Å². The zero-order chi connectivity index (χ0) is 35.0. The molecule has 282 valence electrons. The number of hydrogen-bond acceptors (Lipinski definition) is 9. The van der Waals surface area contributed by atoms with Gasteiger partial charge in [-0.2, -0.15) is 0 Å². The number of nitrogens with zero attached hydrogens (tertiary/aromatic N) is 9. The quantitative estimate of drug-likeness (QED) is 0.341. The molecule has 0 aliphatic carbocycles. The van der Waals surface area contributed by atoms with Crippen LogP contribution in [0, 0.1) is 0 Å². The van der Waals surface area contributed by atoms with Gasteiger partial charge in [-0.3, -0.25) is 0 Å². The summed E-state index contributed by atoms with van der Waals surface area (Å²) in [5.41, 5.74) is 2.66. The Kier molecular flexibility index (Phi) is 11.8. The van der Waals surface area contributed by atoms with E-state index in [2.05, 4.69) is 59.7 Å². The lowest BCUT2D eigenvalue weighted by molar-refractivity contribution is 0.0421. The maximum atomic E-state index is 5.77. The molecule has 0 amide bonds. The maximum Gasteiger partial charge on any atom is 0.202 e. The summed E-state index contributed by atoms with van der Waals surface area (Å²) in [6.45, 7) is 17.8. The number of fused-ring (bicyclic) bond motifs is 1. The fraction of sp³-hybridized carbons (Fsp3) is 0.649. The topological polar surface area (TPSA) is 112 Å². The van der Waals surface area contributed by atoms with E-state index in [4.69, 9.17) is 43.4 Å². The fourth-order valence-corrected chi connectivity index (χ4v) is 7.57. The van der Waals surface area contributed by atoms with Crippen molar-refractivity contribution >= 4 is 45.7 Å². The van der Waals surface area contributed by atoms with Gasteiger partial charge >= 0.3 is 0 Å². The van der Waals surface area contributed by atoms with E-state index in [0.717, 1.165) is 124 Å². The maximum absolute atomic E-state index is 5.77. The molecule has 15 heteroatoms. The van der Waals surface area contributed by atoms with E-state index >= 15 is 0 Å². The van der Waals surface area contributed by atoms with E-state index in [1.807, 2.05) is 0 Å². The molecular weight excluding hydrogens is 666 g/mol. The normalized spacial score (nSPS) is 22.0. The van der Waals surface area contributed by atoms with E-state index in [9.17, 15) is 0 Å². The van der Waals surface area contributed by atoms with Crippen LogP contribution in [-0.2, 0) is 28.4 Å². The minimum atomic E-state index is 0.682. The van der Waals surface area contributed by atoms with Crippen molar-refractivity contribution in [1.82, 2.24) is 29.4 Å². The van der Waals surface area contributed by atoms with Crippen molar-refractivity contribution < 1.29 is 28.4 Å². The molecule has 6 heterocycles. The monoisotopic (exact) mass is 719 g/mol. The van der Waals surface area contributed by atoms with Crippen molar-refractivity contribution in [2.45, 2.75) is 0 Å². The first-order valence-electron chi connectivity index (χ1n) is 19.1. The predicted octanol–water partition coefficient (Wildman–Crippen LogP) is 1.80. The number of aliphatic imine (C=N–C) groups is 3. The predicted molar refractivity (Wildman–Crippen MR) is 200 cm³/mol. The molecule has 0 spiro atoms. The van der Waals surface area contributed by atoms with E-state index in [1.54, 1.807) is 0 Å². The third-order valence-electron chi connectivity index (χ3n) is 10.4. The molecule has 0 aromatic heterocycles. The van der Waals surface area contributed by atoms with Gasteiger partial charge < -0.3 is 57.8 Å². The first-order valence-corrected chi connectivity index (χ1v) is 19.1. The lowest BCUT2D eigenvalue weighted by Gasteiger charge is -2.38. The van der Waals surface area contributed by atoms with Crippen molar-refractivity contribution in [3.05, 3.63) is 30.3 Å². The highest BCUT2D eigenvalue weighted by molar-refractivity contribution is 6.09. The van der Waals surface area contributed by atoms with Crippen LogP contribution in [0.25, 0.3) is 10.8 Å². The van der Waals surface area contributed by atoms with Crippen molar-refractivity contribution in [3.8, 4) is 0 Å². The Bertz CT molecular complexity index is 1450. The standard InChI is InChI=1S/C37H53N9O6/c1-2-30-31(38-35(41-6-18-47-19-7-41)42-8-20-48-21-9-42)4-5-33(40-37(45-14-26-51-27-15-45)46-16-28-52-29-17-46)34(30)32(3-1)39-36(43-10-22-49-23-11-43)44-12-24-50-25-13-44/h1-5H,6-29H2. The van der Waals surface area contributed by atoms with Crippen LogP contribution in [-0.4, -0.2) is 205 Å². The molecule has 2 aromatic rings. The lowest BCUT2D eigenvalue weighted by Crippen LogP contribution is -2.52. The molecule has 6 aliphatic rings.